The molecule has 0 atom stereocenters. The molecule has 0 N–H and O–H groups in total. The normalized spacial score (nSPS) is 17.2. The summed E-state index contributed by atoms with van der Waals surface area (Å²) in [5.74, 6) is 5.80. The number of piperidine rings is 1. The second-order valence-corrected chi connectivity index (χ2v) is 9.25. The van der Waals surface area contributed by atoms with Crippen LogP contribution >= 0.6 is 0 Å². The Morgan fingerprint density at radius 3 is 2.24 bits per heavy atom. The summed E-state index contributed by atoms with van der Waals surface area (Å²) in [5.41, 5.74) is 3.39. The largest absolute Gasteiger partial charge is 0.513 e. The quantitative estimate of drug-likeness (QED) is 0.378. The molecule has 1 fully saturated rings. The summed E-state index contributed by atoms with van der Waals surface area (Å²) in [6, 6.07) is 3.86. The molecular formula is C27H31NO6. The van der Waals surface area contributed by atoms with Crippen molar-refractivity contribution in [2.24, 2.45) is 5.41 Å². The van der Waals surface area contributed by atoms with Crippen molar-refractivity contribution in [2.45, 2.75) is 59.8 Å². The van der Waals surface area contributed by atoms with Crippen LogP contribution in [0.1, 0.15) is 68.2 Å². The predicted molar refractivity (Wildman–Crippen MR) is 127 cm³/mol. The third-order valence-corrected chi connectivity index (χ3v) is 6.63. The van der Waals surface area contributed by atoms with Gasteiger partial charge in [0.1, 0.15) is 11.5 Å². The molecule has 0 unspecified atom stereocenters. The highest BCUT2D eigenvalue weighted by Crippen LogP contribution is 2.48. The number of allylic oxidation sites excluding steroid dienone is 2. The van der Waals surface area contributed by atoms with Crippen LogP contribution in [0.25, 0.3) is 5.57 Å². The molecule has 1 aromatic carbocycles. The minimum atomic E-state index is -0.866. The zero-order valence-corrected chi connectivity index (χ0v) is 20.5. The zero-order chi connectivity index (χ0) is 25.0. The standard InChI is InChI=1S/C27H31NO6/c1-6-7-20-12-17(2)24(18(3)13-20)25-21(30)15-27(16-22(25)34-26(32)33-5)8-10-28(11-9-27)23(31)14-19(4)29/h12-13H,8-11,14-16H2,1-5H3. The van der Waals surface area contributed by atoms with E-state index in [0.29, 0.717) is 50.1 Å². The monoisotopic (exact) mass is 465 g/mol. The number of benzene rings is 1. The lowest BCUT2D eigenvalue weighted by molar-refractivity contribution is -0.137. The highest BCUT2D eigenvalue weighted by Gasteiger charge is 2.44. The first-order valence-electron chi connectivity index (χ1n) is 11.4. The van der Waals surface area contributed by atoms with Gasteiger partial charge in [0.05, 0.1) is 19.1 Å². The summed E-state index contributed by atoms with van der Waals surface area (Å²) >= 11 is 0. The van der Waals surface area contributed by atoms with Gasteiger partial charge in [0.15, 0.2) is 5.78 Å². The number of ether oxygens (including phenoxy) is 2. The molecule has 0 bridgehead atoms. The highest BCUT2D eigenvalue weighted by molar-refractivity contribution is 6.23. The van der Waals surface area contributed by atoms with Gasteiger partial charge in [-0.2, -0.15) is 0 Å². The van der Waals surface area contributed by atoms with E-state index in [1.165, 1.54) is 14.0 Å². The SMILES string of the molecule is CC#Cc1cc(C)c(C2=C(OC(=O)OC)CC3(CCN(C(=O)CC(C)=O)CC3)CC2=O)c(C)c1. The van der Waals surface area contributed by atoms with Gasteiger partial charge in [-0.05, 0) is 74.8 Å². The predicted octanol–water partition coefficient (Wildman–Crippen LogP) is 4.12. The van der Waals surface area contributed by atoms with Crippen molar-refractivity contribution in [3.05, 3.63) is 40.1 Å². The second-order valence-electron chi connectivity index (χ2n) is 9.25. The number of aryl methyl sites for hydroxylation is 2. The number of carbonyl (C=O) groups excluding carboxylic acids is 4. The van der Waals surface area contributed by atoms with Crippen LogP contribution in [0.15, 0.2) is 17.9 Å². The van der Waals surface area contributed by atoms with Gasteiger partial charge in [-0.15, -0.1) is 5.92 Å². The fourth-order valence-electron chi connectivity index (χ4n) is 5.07. The summed E-state index contributed by atoms with van der Waals surface area (Å²) in [4.78, 5) is 51.0. The smallest absolute Gasteiger partial charge is 0.437 e. The molecule has 0 radical (unpaired) electrons. The number of hydrogen-bond acceptors (Lipinski definition) is 6. The maximum absolute atomic E-state index is 13.6. The number of ketones is 2. The number of nitrogens with zero attached hydrogens (tertiary/aromatic N) is 1. The van der Waals surface area contributed by atoms with Gasteiger partial charge in [-0.25, -0.2) is 4.79 Å². The van der Waals surface area contributed by atoms with Crippen LogP contribution in [-0.4, -0.2) is 48.7 Å². The van der Waals surface area contributed by atoms with Crippen molar-refractivity contribution < 1.29 is 28.7 Å². The Bertz CT molecular complexity index is 1100. The minimum Gasteiger partial charge on any atom is -0.437 e. The molecule has 0 aromatic heterocycles. The van der Waals surface area contributed by atoms with Crippen molar-refractivity contribution in [1.29, 1.82) is 0 Å². The first-order chi connectivity index (χ1) is 16.1. The van der Waals surface area contributed by atoms with E-state index in [9.17, 15) is 19.2 Å². The fraction of sp³-hybridized carbons (Fsp3) is 0.481. The van der Waals surface area contributed by atoms with E-state index >= 15 is 0 Å². The molecule has 1 saturated heterocycles. The van der Waals surface area contributed by atoms with Gasteiger partial charge in [0, 0.05) is 31.5 Å². The molecular weight excluding hydrogens is 434 g/mol. The maximum Gasteiger partial charge on any atom is 0.513 e. The number of methoxy groups -OCH3 is 1. The number of amides is 1. The highest BCUT2D eigenvalue weighted by atomic mass is 16.7. The van der Waals surface area contributed by atoms with Gasteiger partial charge < -0.3 is 14.4 Å². The van der Waals surface area contributed by atoms with Crippen molar-refractivity contribution in [1.82, 2.24) is 4.90 Å². The lowest BCUT2D eigenvalue weighted by Gasteiger charge is -2.44. The Balaban J connectivity index is 1.97. The van der Waals surface area contributed by atoms with Crippen molar-refractivity contribution in [2.75, 3.05) is 20.2 Å². The molecule has 1 heterocycles. The molecule has 0 saturated carbocycles. The number of likely N-dealkylation sites (tertiary alicyclic amines) is 1. The molecule has 1 amide bonds. The summed E-state index contributed by atoms with van der Waals surface area (Å²) in [7, 11) is 1.23. The fourth-order valence-corrected chi connectivity index (χ4v) is 5.07. The molecule has 7 heteroatoms. The maximum atomic E-state index is 13.6. The Kier molecular flexibility index (Phi) is 7.61. The second kappa shape index (κ2) is 10.3. The number of hydrogen-bond donors (Lipinski definition) is 0. The third kappa shape index (κ3) is 5.39. The topological polar surface area (TPSA) is 90.0 Å². The van der Waals surface area contributed by atoms with Gasteiger partial charge in [0.2, 0.25) is 5.91 Å². The Morgan fingerprint density at radius 2 is 1.71 bits per heavy atom. The van der Waals surface area contributed by atoms with Crippen LogP contribution in [0.4, 0.5) is 4.79 Å². The molecule has 1 aliphatic carbocycles. The van der Waals surface area contributed by atoms with Crippen LogP contribution < -0.4 is 0 Å². The number of carbonyl (C=O) groups is 4. The molecule has 1 aromatic rings. The molecule has 2 aliphatic rings. The Labute approximate surface area is 200 Å². The van der Waals surface area contributed by atoms with Gasteiger partial charge >= 0.3 is 6.16 Å². The van der Waals surface area contributed by atoms with E-state index in [4.69, 9.17) is 9.47 Å². The molecule has 1 aliphatic heterocycles. The first kappa shape index (κ1) is 25.2. The van der Waals surface area contributed by atoms with E-state index in [0.717, 1.165) is 22.3 Å². The summed E-state index contributed by atoms with van der Waals surface area (Å²) in [6.07, 6.45) is 0.909. The molecule has 7 nitrogen and oxygen atoms in total. The molecule has 1 spiro atoms. The summed E-state index contributed by atoms with van der Waals surface area (Å²) in [6.45, 7) is 7.93. The van der Waals surface area contributed by atoms with E-state index in [2.05, 4.69) is 11.8 Å². The molecule has 3 rings (SSSR count). The molecule has 34 heavy (non-hydrogen) atoms. The summed E-state index contributed by atoms with van der Waals surface area (Å²) in [5, 5.41) is 0. The van der Waals surface area contributed by atoms with Gasteiger partial charge in [0.25, 0.3) is 0 Å². The van der Waals surface area contributed by atoms with Gasteiger partial charge in [-0.3, -0.25) is 14.4 Å². The van der Waals surface area contributed by atoms with Crippen molar-refractivity contribution >= 4 is 29.2 Å². The Morgan fingerprint density at radius 1 is 1.09 bits per heavy atom. The van der Waals surface area contributed by atoms with Crippen molar-refractivity contribution in [3.63, 3.8) is 0 Å². The van der Waals surface area contributed by atoms with Crippen LogP contribution in [0.5, 0.6) is 0 Å². The summed E-state index contributed by atoms with van der Waals surface area (Å²) < 4.78 is 10.3. The average Bonchev–Trinajstić information content (AvgIpc) is 2.75. The zero-order valence-electron chi connectivity index (χ0n) is 20.5. The molecule has 180 valence electrons. The average molecular weight is 466 g/mol. The lowest BCUT2D eigenvalue weighted by Crippen LogP contribution is -2.46. The van der Waals surface area contributed by atoms with Crippen LogP contribution in [0.2, 0.25) is 0 Å². The van der Waals surface area contributed by atoms with Crippen LogP contribution in [0.3, 0.4) is 0 Å². The Hall–Kier alpha value is -3.40. The third-order valence-electron chi connectivity index (χ3n) is 6.63. The number of Topliss-reactive ketones (excluding diaryl/α,β-unsaturated/α-hetero) is 2. The van der Waals surface area contributed by atoms with E-state index < -0.39 is 11.6 Å². The van der Waals surface area contributed by atoms with Crippen molar-refractivity contribution in [3.8, 4) is 11.8 Å². The lowest BCUT2D eigenvalue weighted by atomic mass is 9.66. The number of rotatable bonds is 4. The van der Waals surface area contributed by atoms with E-state index in [-0.39, 0.29) is 23.9 Å². The van der Waals surface area contributed by atoms with Crippen LogP contribution in [0, 0.1) is 31.1 Å². The van der Waals surface area contributed by atoms with E-state index in [1.807, 2.05) is 26.0 Å². The van der Waals surface area contributed by atoms with Gasteiger partial charge in [-0.1, -0.05) is 5.92 Å². The van der Waals surface area contributed by atoms with Crippen LogP contribution in [-0.2, 0) is 23.9 Å². The minimum absolute atomic E-state index is 0.0887. The van der Waals surface area contributed by atoms with E-state index in [1.54, 1.807) is 11.8 Å². The first-order valence-corrected chi connectivity index (χ1v) is 11.4.